The molecule has 1 aromatic carbocycles. The van der Waals surface area contributed by atoms with Crippen LogP contribution in [0, 0.1) is 10.1 Å². The van der Waals surface area contributed by atoms with Crippen molar-refractivity contribution in [3.63, 3.8) is 0 Å². The predicted octanol–water partition coefficient (Wildman–Crippen LogP) is 2.86. The van der Waals surface area contributed by atoms with Gasteiger partial charge in [-0.15, -0.1) is 11.3 Å². The molecule has 0 fully saturated rings. The summed E-state index contributed by atoms with van der Waals surface area (Å²) in [4.78, 5) is 23.3. The zero-order valence-electron chi connectivity index (χ0n) is 10.8. The molecular formula is C13H12ClN3O3S. The van der Waals surface area contributed by atoms with Gasteiger partial charge in [0.25, 0.3) is 11.6 Å². The van der Waals surface area contributed by atoms with Gasteiger partial charge >= 0.3 is 0 Å². The lowest BCUT2D eigenvalue weighted by Crippen LogP contribution is -2.25. The van der Waals surface area contributed by atoms with Crippen LogP contribution in [0.3, 0.4) is 0 Å². The van der Waals surface area contributed by atoms with Crippen molar-refractivity contribution < 1.29 is 9.72 Å². The Bertz CT molecular complexity index is 674. The van der Waals surface area contributed by atoms with Crippen molar-refractivity contribution in [2.24, 2.45) is 0 Å². The van der Waals surface area contributed by atoms with E-state index in [0.717, 1.165) is 10.9 Å². The molecule has 0 atom stereocenters. The normalized spacial score (nSPS) is 10.3. The molecule has 0 saturated carbocycles. The second-order valence-corrected chi connectivity index (χ2v) is 5.67. The van der Waals surface area contributed by atoms with Crippen molar-refractivity contribution in [3.8, 4) is 0 Å². The highest BCUT2D eigenvalue weighted by molar-refractivity contribution is 7.09. The minimum atomic E-state index is -0.663. The van der Waals surface area contributed by atoms with E-state index in [0.29, 0.717) is 13.0 Å². The quantitative estimate of drug-likeness (QED) is 0.501. The van der Waals surface area contributed by atoms with Gasteiger partial charge in [-0.05, 0) is 23.9 Å². The molecule has 0 spiro atoms. The van der Waals surface area contributed by atoms with Crippen molar-refractivity contribution in [2.45, 2.75) is 6.42 Å². The molecule has 2 rings (SSSR count). The number of hydrogen-bond acceptors (Lipinski definition) is 5. The minimum Gasteiger partial charge on any atom is -0.392 e. The average molecular weight is 326 g/mol. The molecule has 0 bridgehead atoms. The van der Waals surface area contributed by atoms with Crippen LogP contribution in [0.1, 0.15) is 15.2 Å². The van der Waals surface area contributed by atoms with E-state index in [-0.39, 0.29) is 22.0 Å². The van der Waals surface area contributed by atoms with Crippen LogP contribution < -0.4 is 11.1 Å². The summed E-state index contributed by atoms with van der Waals surface area (Å²) in [6, 6.07) is 6.36. The standard InChI is InChI=1S/C13H12ClN3O3S/c14-10-6-8(7-11(12(10)15)17(19)20)13(18)16-4-3-9-2-1-5-21-9/h1-2,5-7H,3-4,15H2,(H,16,18). The number of anilines is 1. The lowest BCUT2D eigenvalue weighted by Gasteiger charge is -2.06. The molecule has 21 heavy (non-hydrogen) atoms. The lowest BCUT2D eigenvalue weighted by atomic mass is 10.1. The van der Waals surface area contributed by atoms with Crippen LogP contribution in [0.5, 0.6) is 0 Å². The summed E-state index contributed by atoms with van der Waals surface area (Å²) in [6.45, 7) is 0.440. The third kappa shape index (κ3) is 3.71. The van der Waals surface area contributed by atoms with Crippen molar-refractivity contribution in [3.05, 3.63) is 55.2 Å². The number of nitrogens with one attached hydrogen (secondary N) is 1. The Kier molecular flexibility index (Phi) is 4.77. The Balaban J connectivity index is 2.07. The van der Waals surface area contributed by atoms with E-state index in [1.54, 1.807) is 11.3 Å². The largest absolute Gasteiger partial charge is 0.392 e. The molecule has 3 N–H and O–H groups in total. The number of nitro groups is 1. The van der Waals surface area contributed by atoms with Gasteiger partial charge in [-0.2, -0.15) is 0 Å². The van der Waals surface area contributed by atoms with Crippen LogP contribution in [-0.2, 0) is 6.42 Å². The van der Waals surface area contributed by atoms with Crippen LogP contribution in [-0.4, -0.2) is 17.4 Å². The van der Waals surface area contributed by atoms with Crippen LogP contribution in [0.25, 0.3) is 0 Å². The first-order chi connectivity index (χ1) is 9.99. The number of halogens is 1. The smallest absolute Gasteiger partial charge is 0.294 e. The number of nitro benzene ring substituents is 1. The van der Waals surface area contributed by atoms with E-state index in [2.05, 4.69) is 5.32 Å². The molecule has 0 unspecified atom stereocenters. The predicted molar refractivity (Wildman–Crippen MR) is 82.9 cm³/mol. The Hall–Kier alpha value is -2.12. The zero-order chi connectivity index (χ0) is 15.4. The van der Waals surface area contributed by atoms with Crippen molar-refractivity contribution in [1.82, 2.24) is 5.32 Å². The molecule has 0 aliphatic rings. The van der Waals surface area contributed by atoms with Crippen molar-refractivity contribution in [1.29, 1.82) is 0 Å². The van der Waals surface area contributed by atoms with E-state index in [1.807, 2.05) is 17.5 Å². The molecule has 0 radical (unpaired) electrons. The highest BCUT2D eigenvalue weighted by Gasteiger charge is 2.19. The number of benzene rings is 1. The Labute approximate surface area is 129 Å². The maximum atomic E-state index is 12.0. The Morgan fingerprint density at radius 2 is 2.24 bits per heavy atom. The number of nitrogens with two attached hydrogens (primary N) is 1. The number of amides is 1. The van der Waals surface area contributed by atoms with Crippen molar-refractivity contribution in [2.75, 3.05) is 12.3 Å². The van der Waals surface area contributed by atoms with E-state index in [9.17, 15) is 14.9 Å². The molecule has 110 valence electrons. The van der Waals surface area contributed by atoms with Crippen LogP contribution in [0.15, 0.2) is 29.6 Å². The van der Waals surface area contributed by atoms with Gasteiger partial charge in [-0.25, -0.2) is 0 Å². The number of nitrogen functional groups attached to an aromatic ring is 1. The summed E-state index contributed by atoms with van der Waals surface area (Å²) < 4.78 is 0. The topological polar surface area (TPSA) is 98.3 Å². The summed E-state index contributed by atoms with van der Waals surface area (Å²) >= 11 is 7.42. The summed E-state index contributed by atoms with van der Waals surface area (Å²) in [7, 11) is 0. The lowest BCUT2D eigenvalue weighted by molar-refractivity contribution is -0.383. The van der Waals surface area contributed by atoms with Gasteiger partial charge in [0.15, 0.2) is 0 Å². The van der Waals surface area contributed by atoms with E-state index >= 15 is 0 Å². The SMILES string of the molecule is Nc1c(Cl)cc(C(=O)NCCc2cccs2)cc1[N+](=O)[O-]. The number of carbonyl (C=O) groups is 1. The summed E-state index contributed by atoms with van der Waals surface area (Å²) in [6.07, 6.45) is 0.703. The highest BCUT2D eigenvalue weighted by atomic mass is 35.5. The van der Waals surface area contributed by atoms with Crippen LogP contribution in [0.2, 0.25) is 5.02 Å². The number of nitrogens with zero attached hydrogens (tertiary/aromatic N) is 1. The monoisotopic (exact) mass is 325 g/mol. The number of hydrogen-bond donors (Lipinski definition) is 2. The summed E-state index contributed by atoms with van der Waals surface area (Å²) in [5, 5.41) is 15.5. The fraction of sp³-hybridized carbons (Fsp3) is 0.154. The van der Waals surface area contributed by atoms with E-state index < -0.39 is 10.8 Å². The maximum Gasteiger partial charge on any atom is 0.294 e. The van der Waals surface area contributed by atoms with Crippen LogP contribution >= 0.6 is 22.9 Å². The molecule has 0 saturated heterocycles. The zero-order valence-corrected chi connectivity index (χ0v) is 12.4. The first-order valence-corrected chi connectivity index (χ1v) is 7.29. The summed E-state index contributed by atoms with van der Waals surface area (Å²) in [5.41, 5.74) is 5.12. The van der Waals surface area contributed by atoms with Gasteiger partial charge in [-0.1, -0.05) is 17.7 Å². The van der Waals surface area contributed by atoms with Gasteiger partial charge in [0.1, 0.15) is 5.69 Å². The van der Waals surface area contributed by atoms with E-state index in [1.165, 1.54) is 6.07 Å². The molecule has 1 amide bonds. The van der Waals surface area contributed by atoms with E-state index in [4.69, 9.17) is 17.3 Å². The van der Waals surface area contributed by atoms with Gasteiger partial charge in [-0.3, -0.25) is 14.9 Å². The third-order valence-corrected chi connectivity index (χ3v) is 4.05. The van der Waals surface area contributed by atoms with Crippen molar-refractivity contribution >= 4 is 40.2 Å². The fourth-order valence-corrected chi connectivity index (χ4v) is 2.66. The molecule has 0 aliphatic heterocycles. The Morgan fingerprint density at radius 3 is 2.86 bits per heavy atom. The molecular weight excluding hydrogens is 314 g/mol. The molecule has 6 nitrogen and oxygen atoms in total. The molecule has 0 aliphatic carbocycles. The average Bonchev–Trinajstić information content (AvgIpc) is 2.94. The minimum absolute atomic E-state index is 0.00685. The fourth-order valence-electron chi connectivity index (χ4n) is 1.74. The second-order valence-electron chi connectivity index (χ2n) is 4.23. The number of carbonyl (C=O) groups excluding carboxylic acids is 1. The third-order valence-electron chi connectivity index (χ3n) is 2.80. The number of thiophene rings is 1. The first kappa shape index (κ1) is 15.3. The molecule has 8 heteroatoms. The molecule has 1 aromatic heterocycles. The second kappa shape index (κ2) is 6.55. The van der Waals surface area contributed by atoms with Gasteiger partial charge in [0.05, 0.1) is 9.95 Å². The highest BCUT2D eigenvalue weighted by Crippen LogP contribution is 2.30. The molecule has 1 heterocycles. The first-order valence-electron chi connectivity index (χ1n) is 6.03. The van der Waals surface area contributed by atoms with Gasteiger partial charge < -0.3 is 11.1 Å². The Morgan fingerprint density at radius 1 is 1.48 bits per heavy atom. The maximum absolute atomic E-state index is 12.0. The molecule has 2 aromatic rings. The number of rotatable bonds is 5. The van der Waals surface area contributed by atoms with Gasteiger partial charge in [0, 0.05) is 23.1 Å². The van der Waals surface area contributed by atoms with Crippen LogP contribution in [0.4, 0.5) is 11.4 Å². The van der Waals surface area contributed by atoms with Gasteiger partial charge in [0.2, 0.25) is 0 Å². The summed E-state index contributed by atoms with van der Waals surface area (Å²) in [5.74, 6) is -0.420.